The van der Waals surface area contributed by atoms with Gasteiger partial charge in [0, 0.05) is 32.4 Å². The summed E-state index contributed by atoms with van der Waals surface area (Å²) in [7, 11) is 1.75. The third-order valence-corrected chi connectivity index (χ3v) is 4.46. The molecule has 8 heteroatoms. The van der Waals surface area contributed by atoms with Crippen LogP contribution in [0.5, 0.6) is 0 Å². The Morgan fingerprint density at radius 2 is 1.96 bits per heavy atom. The van der Waals surface area contributed by atoms with Crippen LogP contribution in [0.3, 0.4) is 0 Å². The lowest BCUT2D eigenvalue weighted by Gasteiger charge is -2.12. The number of aryl methyl sites for hydroxylation is 3. The van der Waals surface area contributed by atoms with Crippen LogP contribution in [0.1, 0.15) is 23.4 Å². The highest BCUT2D eigenvalue weighted by Crippen LogP contribution is 2.16. The van der Waals surface area contributed by atoms with E-state index in [1.165, 1.54) is 11.8 Å². The van der Waals surface area contributed by atoms with Crippen molar-refractivity contribution in [2.75, 3.05) is 20.1 Å². The van der Waals surface area contributed by atoms with Gasteiger partial charge in [-0.05, 0) is 66.4 Å². The topological polar surface area (TPSA) is 54.2 Å². The molecule has 0 amide bonds. The minimum Gasteiger partial charge on any atom is -0.356 e. The fraction of sp³-hybridized carbons (Fsp3) is 0.444. The maximum atomic E-state index is 13.2. The molecule has 0 fully saturated rings. The summed E-state index contributed by atoms with van der Waals surface area (Å²) in [6.45, 7) is 6.51. The van der Waals surface area contributed by atoms with E-state index in [4.69, 9.17) is 0 Å². The highest BCUT2D eigenvalue weighted by Gasteiger charge is 2.03. The van der Waals surface area contributed by atoms with E-state index in [-0.39, 0.29) is 29.8 Å². The Balaban J connectivity index is 0.00000338. The molecule has 0 aliphatic rings. The van der Waals surface area contributed by atoms with E-state index in [1.807, 2.05) is 17.7 Å². The summed E-state index contributed by atoms with van der Waals surface area (Å²) in [6.07, 6.45) is 1.76. The van der Waals surface area contributed by atoms with E-state index in [2.05, 4.69) is 49.6 Å². The number of guanidine groups is 1. The van der Waals surface area contributed by atoms with Crippen molar-refractivity contribution in [3.05, 3.63) is 51.5 Å². The van der Waals surface area contributed by atoms with Crippen molar-refractivity contribution in [2.45, 2.75) is 33.2 Å². The van der Waals surface area contributed by atoms with Crippen LogP contribution in [0.4, 0.5) is 4.39 Å². The van der Waals surface area contributed by atoms with Gasteiger partial charge in [0.1, 0.15) is 5.82 Å². The standard InChI is InChI=1S/C18H25BrFN5.HI/c1-13-11-14(2)25(24-13)10-4-8-22-18(21-3)23-9-7-15-5-6-17(20)16(19)12-15;/h5-6,11-12H,4,7-10H2,1-3H3,(H2,21,22,23);1H. The van der Waals surface area contributed by atoms with Crippen molar-refractivity contribution in [1.82, 2.24) is 20.4 Å². The van der Waals surface area contributed by atoms with Crippen LogP contribution < -0.4 is 10.6 Å². The monoisotopic (exact) mass is 537 g/mol. The van der Waals surface area contributed by atoms with Gasteiger partial charge in [0.05, 0.1) is 10.2 Å². The Labute approximate surface area is 180 Å². The normalized spacial score (nSPS) is 11.2. The van der Waals surface area contributed by atoms with Gasteiger partial charge in [-0.2, -0.15) is 5.10 Å². The van der Waals surface area contributed by atoms with Crippen molar-refractivity contribution >= 4 is 45.9 Å². The van der Waals surface area contributed by atoms with Crippen LogP contribution in [0.25, 0.3) is 0 Å². The van der Waals surface area contributed by atoms with Gasteiger partial charge in [0.25, 0.3) is 0 Å². The van der Waals surface area contributed by atoms with Gasteiger partial charge in [-0.3, -0.25) is 9.67 Å². The van der Waals surface area contributed by atoms with Gasteiger partial charge >= 0.3 is 0 Å². The zero-order valence-corrected chi connectivity index (χ0v) is 19.3. The van der Waals surface area contributed by atoms with Crippen molar-refractivity contribution in [1.29, 1.82) is 0 Å². The first kappa shape index (κ1) is 22.9. The van der Waals surface area contributed by atoms with Crippen LogP contribution in [0.15, 0.2) is 33.7 Å². The van der Waals surface area contributed by atoms with Crippen LogP contribution in [0, 0.1) is 19.7 Å². The molecule has 0 saturated carbocycles. The molecule has 2 rings (SSSR count). The second-order valence-corrected chi connectivity index (χ2v) is 6.78. The molecular weight excluding hydrogens is 512 g/mol. The summed E-state index contributed by atoms with van der Waals surface area (Å²) in [5.74, 6) is 0.534. The number of halogens is 3. The van der Waals surface area contributed by atoms with Crippen molar-refractivity contribution in [3.8, 4) is 0 Å². The molecule has 26 heavy (non-hydrogen) atoms. The van der Waals surface area contributed by atoms with E-state index in [1.54, 1.807) is 13.1 Å². The summed E-state index contributed by atoms with van der Waals surface area (Å²) < 4.78 is 15.8. The molecule has 2 N–H and O–H groups in total. The maximum absolute atomic E-state index is 13.2. The molecule has 0 bridgehead atoms. The quantitative estimate of drug-likeness (QED) is 0.244. The predicted molar refractivity (Wildman–Crippen MR) is 119 cm³/mol. The molecule has 0 atom stereocenters. The van der Waals surface area contributed by atoms with Gasteiger partial charge in [0.2, 0.25) is 0 Å². The molecule has 144 valence electrons. The fourth-order valence-electron chi connectivity index (χ4n) is 2.58. The molecule has 0 spiro atoms. The summed E-state index contributed by atoms with van der Waals surface area (Å²) >= 11 is 3.21. The average Bonchev–Trinajstić information content (AvgIpc) is 2.90. The molecule has 1 aromatic heterocycles. The summed E-state index contributed by atoms with van der Waals surface area (Å²) in [4.78, 5) is 4.22. The number of nitrogens with zero attached hydrogens (tertiary/aromatic N) is 3. The second-order valence-electron chi connectivity index (χ2n) is 5.93. The first-order chi connectivity index (χ1) is 12.0. The molecule has 1 aromatic carbocycles. The smallest absolute Gasteiger partial charge is 0.190 e. The molecule has 0 radical (unpaired) electrons. The molecule has 5 nitrogen and oxygen atoms in total. The summed E-state index contributed by atoms with van der Waals surface area (Å²) in [6, 6.07) is 7.17. The zero-order chi connectivity index (χ0) is 18.2. The maximum Gasteiger partial charge on any atom is 0.190 e. The van der Waals surface area contributed by atoms with Crippen LogP contribution in [0.2, 0.25) is 0 Å². The van der Waals surface area contributed by atoms with Crippen LogP contribution in [-0.4, -0.2) is 35.9 Å². The fourth-order valence-corrected chi connectivity index (χ4v) is 3.00. The second kappa shape index (κ2) is 11.5. The lowest BCUT2D eigenvalue weighted by atomic mass is 10.1. The average molecular weight is 538 g/mol. The van der Waals surface area contributed by atoms with E-state index in [9.17, 15) is 4.39 Å². The Morgan fingerprint density at radius 1 is 1.23 bits per heavy atom. The number of aliphatic imine (C=N–C) groups is 1. The highest BCUT2D eigenvalue weighted by atomic mass is 127. The third kappa shape index (κ3) is 7.22. The first-order valence-electron chi connectivity index (χ1n) is 8.39. The Bertz CT molecular complexity index is 732. The van der Waals surface area contributed by atoms with Gasteiger partial charge in [0.15, 0.2) is 5.96 Å². The van der Waals surface area contributed by atoms with E-state index < -0.39 is 0 Å². The lowest BCUT2D eigenvalue weighted by molar-refractivity contribution is 0.555. The SMILES string of the molecule is CN=C(NCCCn1nc(C)cc1C)NCCc1ccc(F)c(Br)c1.I. The zero-order valence-electron chi connectivity index (χ0n) is 15.4. The summed E-state index contributed by atoms with van der Waals surface area (Å²) in [5, 5.41) is 11.0. The number of hydrogen-bond acceptors (Lipinski definition) is 2. The van der Waals surface area contributed by atoms with E-state index >= 15 is 0 Å². The molecule has 2 aromatic rings. The van der Waals surface area contributed by atoms with E-state index in [0.717, 1.165) is 49.7 Å². The van der Waals surface area contributed by atoms with Gasteiger partial charge < -0.3 is 10.6 Å². The molecule has 0 unspecified atom stereocenters. The van der Waals surface area contributed by atoms with Crippen LogP contribution in [-0.2, 0) is 13.0 Å². The number of hydrogen-bond donors (Lipinski definition) is 2. The Hall–Kier alpha value is -1.16. The molecule has 0 aliphatic carbocycles. The number of rotatable bonds is 7. The van der Waals surface area contributed by atoms with Gasteiger partial charge in [-0.15, -0.1) is 24.0 Å². The Kier molecular flexibility index (Phi) is 10.1. The minimum atomic E-state index is -0.239. The van der Waals surface area contributed by atoms with Crippen LogP contribution >= 0.6 is 39.9 Å². The highest BCUT2D eigenvalue weighted by molar-refractivity contribution is 14.0. The summed E-state index contributed by atoms with van der Waals surface area (Å²) in [5.41, 5.74) is 3.31. The molecule has 0 aliphatic heterocycles. The van der Waals surface area contributed by atoms with Crippen molar-refractivity contribution < 1.29 is 4.39 Å². The number of nitrogens with one attached hydrogen (secondary N) is 2. The molecule has 1 heterocycles. The Morgan fingerprint density at radius 3 is 2.58 bits per heavy atom. The van der Waals surface area contributed by atoms with Gasteiger partial charge in [-0.25, -0.2) is 4.39 Å². The molecule has 0 saturated heterocycles. The molecular formula is C18H26BrFIN5. The van der Waals surface area contributed by atoms with Gasteiger partial charge in [-0.1, -0.05) is 6.07 Å². The number of benzene rings is 1. The predicted octanol–water partition coefficient (Wildman–Crippen LogP) is 3.82. The minimum absolute atomic E-state index is 0. The largest absolute Gasteiger partial charge is 0.356 e. The van der Waals surface area contributed by atoms with Crippen molar-refractivity contribution in [3.63, 3.8) is 0 Å². The van der Waals surface area contributed by atoms with E-state index in [0.29, 0.717) is 4.47 Å². The first-order valence-corrected chi connectivity index (χ1v) is 9.18. The number of aromatic nitrogens is 2. The third-order valence-electron chi connectivity index (χ3n) is 3.86. The lowest BCUT2D eigenvalue weighted by Crippen LogP contribution is -2.39. The van der Waals surface area contributed by atoms with Crippen molar-refractivity contribution in [2.24, 2.45) is 4.99 Å².